The molecule has 0 spiro atoms. The van der Waals surface area contributed by atoms with Crippen LogP contribution >= 0.6 is 0 Å². The molecule has 0 radical (unpaired) electrons. The number of benzene rings is 1. The van der Waals surface area contributed by atoms with Crippen molar-refractivity contribution in [3.63, 3.8) is 0 Å². The van der Waals surface area contributed by atoms with Crippen molar-refractivity contribution in [2.45, 2.75) is 12.5 Å². The number of methoxy groups -OCH3 is 2. The maximum atomic E-state index is 6.18. The largest absolute Gasteiger partial charge is 0.497 e. The Morgan fingerprint density at radius 1 is 1.22 bits per heavy atom. The number of rotatable bonds is 8. The zero-order chi connectivity index (χ0) is 13.4. The van der Waals surface area contributed by atoms with Gasteiger partial charge in [0.15, 0.2) is 0 Å². The molecule has 0 saturated heterocycles. The number of nitrogens with zero attached hydrogens (tertiary/aromatic N) is 1. The van der Waals surface area contributed by atoms with E-state index in [1.165, 1.54) is 0 Å². The van der Waals surface area contributed by atoms with Crippen molar-refractivity contribution in [1.29, 1.82) is 0 Å². The van der Waals surface area contributed by atoms with E-state index in [1.54, 1.807) is 14.2 Å². The lowest BCUT2D eigenvalue weighted by molar-refractivity contribution is 0.177. The van der Waals surface area contributed by atoms with Crippen LogP contribution in [0.1, 0.15) is 18.0 Å². The van der Waals surface area contributed by atoms with Crippen LogP contribution in [0.2, 0.25) is 0 Å². The zero-order valence-electron chi connectivity index (χ0n) is 11.6. The predicted octanol–water partition coefficient (Wildman–Crippen LogP) is 1.66. The van der Waals surface area contributed by atoms with E-state index in [-0.39, 0.29) is 6.04 Å². The Morgan fingerprint density at radius 2 is 1.89 bits per heavy atom. The van der Waals surface area contributed by atoms with Crippen molar-refractivity contribution in [1.82, 2.24) is 4.90 Å². The van der Waals surface area contributed by atoms with E-state index >= 15 is 0 Å². The Morgan fingerprint density at radius 3 is 2.44 bits per heavy atom. The third kappa shape index (κ3) is 5.04. The Hall–Kier alpha value is -1.10. The van der Waals surface area contributed by atoms with Crippen molar-refractivity contribution in [2.75, 3.05) is 41.0 Å². The van der Waals surface area contributed by atoms with Crippen LogP contribution in [0.5, 0.6) is 5.75 Å². The Labute approximate surface area is 110 Å². The van der Waals surface area contributed by atoms with Crippen molar-refractivity contribution in [3.05, 3.63) is 29.8 Å². The van der Waals surface area contributed by atoms with Crippen LogP contribution in [0, 0.1) is 0 Å². The minimum Gasteiger partial charge on any atom is -0.497 e. The Kier molecular flexibility index (Phi) is 6.72. The molecule has 0 aromatic heterocycles. The van der Waals surface area contributed by atoms with Crippen LogP contribution < -0.4 is 10.5 Å². The van der Waals surface area contributed by atoms with Crippen LogP contribution in [-0.2, 0) is 4.74 Å². The van der Waals surface area contributed by atoms with E-state index in [0.29, 0.717) is 0 Å². The van der Waals surface area contributed by atoms with Gasteiger partial charge in [-0.25, -0.2) is 0 Å². The molecule has 2 N–H and O–H groups in total. The standard InChI is InChI=1S/C14H24N2O2/c1-16(9-4-10-17-2)11-14(15)12-5-7-13(18-3)8-6-12/h5-8,14H,4,9-11,15H2,1-3H3. The van der Waals surface area contributed by atoms with Gasteiger partial charge in [-0.3, -0.25) is 0 Å². The van der Waals surface area contributed by atoms with Gasteiger partial charge in [0, 0.05) is 32.8 Å². The average Bonchev–Trinajstić information content (AvgIpc) is 2.39. The third-order valence-corrected chi connectivity index (χ3v) is 2.94. The summed E-state index contributed by atoms with van der Waals surface area (Å²) in [5.74, 6) is 0.861. The summed E-state index contributed by atoms with van der Waals surface area (Å²) in [5.41, 5.74) is 7.31. The van der Waals surface area contributed by atoms with E-state index in [1.807, 2.05) is 24.3 Å². The molecule has 0 saturated carbocycles. The number of likely N-dealkylation sites (N-methyl/N-ethyl adjacent to an activating group) is 1. The molecule has 102 valence electrons. The van der Waals surface area contributed by atoms with Gasteiger partial charge in [-0.2, -0.15) is 0 Å². The van der Waals surface area contributed by atoms with Crippen molar-refractivity contribution < 1.29 is 9.47 Å². The molecule has 1 aromatic rings. The SMILES string of the molecule is COCCCN(C)CC(N)c1ccc(OC)cc1. The summed E-state index contributed by atoms with van der Waals surface area (Å²) in [4.78, 5) is 2.23. The van der Waals surface area contributed by atoms with Gasteiger partial charge in [0.1, 0.15) is 5.75 Å². The fourth-order valence-corrected chi connectivity index (χ4v) is 1.86. The highest BCUT2D eigenvalue weighted by atomic mass is 16.5. The third-order valence-electron chi connectivity index (χ3n) is 2.94. The first-order chi connectivity index (χ1) is 8.67. The monoisotopic (exact) mass is 252 g/mol. The molecule has 0 aliphatic rings. The molecule has 0 amide bonds. The summed E-state index contributed by atoms with van der Waals surface area (Å²) in [7, 11) is 5.47. The lowest BCUT2D eigenvalue weighted by Gasteiger charge is -2.21. The molecule has 1 atom stereocenters. The first-order valence-corrected chi connectivity index (χ1v) is 6.24. The normalized spacial score (nSPS) is 12.7. The maximum Gasteiger partial charge on any atom is 0.118 e. The van der Waals surface area contributed by atoms with E-state index in [2.05, 4.69) is 11.9 Å². The van der Waals surface area contributed by atoms with Crippen molar-refractivity contribution in [3.8, 4) is 5.75 Å². The average molecular weight is 252 g/mol. The number of nitrogens with two attached hydrogens (primary N) is 1. The van der Waals surface area contributed by atoms with E-state index in [0.717, 1.165) is 37.4 Å². The maximum absolute atomic E-state index is 6.18. The zero-order valence-corrected chi connectivity index (χ0v) is 11.6. The van der Waals surface area contributed by atoms with Gasteiger partial charge in [0.25, 0.3) is 0 Å². The summed E-state index contributed by atoms with van der Waals surface area (Å²) in [6.45, 7) is 2.63. The summed E-state index contributed by atoms with van der Waals surface area (Å²) >= 11 is 0. The van der Waals surface area contributed by atoms with E-state index in [9.17, 15) is 0 Å². The molecule has 4 heteroatoms. The van der Waals surface area contributed by atoms with Crippen LogP contribution in [0.3, 0.4) is 0 Å². The molecule has 0 bridgehead atoms. The quantitative estimate of drug-likeness (QED) is 0.715. The van der Waals surface area contributed by atoms with Crippen molar-refractivity contribution >= 4 is 0 Å². The second kappa shape index (κ2) is 8.08. The number of ether oxygens (including phenoxy) is 2. The summed E-state index contributed by atoms with van der Waals surface area (Å²) in [6, 6.07) is 7.96. The molecule has 1 unspecified atom stereocenters. The Balaban J connectivity index is 2.40. The lowest BCUT2D eigenvalue weighted by atomic mass is 10.1. The van der Waals surface area contributed by atoms with Gasteiger partial charge < -0.3 is 20.1 Å². The van der Waals surface area contributed by atoms with Gasteiger partial charge in [-0.05, 0) is 31.2 Å². The molecular weight excluding hydrogens is 228 g/mol. The molecule has 0 aliphatic heterocycles. The molecule has 4 nitrogen and oxygen atoms in total. The minimum absolute atomic E-state index is 0.0310. The van der Waals surface area contributed by atoms with Gasteiger partial charge in [-0.15, -0.1) is 0 Å². The highest BCUT2D eigenvalue weighted by Crippen LogP contribution is 2.16. The van der Waals surface area contributed by atoms with E-state index < -0.39 is 0 Å². The highest BCUT2D eigenvalue weighted by molar-refractivity contribution is 5.29. The lowest BCUT2D eigenvalue weighted by Crippen LogP contribution is -2.30. The highest BCUT2D eigenvalue weighted by Gasteiger charge is 2.09. The van der Waals surface area contributed by atoms with Crippen LogP contribution in [-0.4, -0.2) is 45.9 Å². The number of hydrogen-bond donors (Lipinski definition) is 1. The first-order valence-electron chi connectivity index (χ1n) is 6.24. The van der Waals surface area contributed by atoms with Gasteiger partial charge in [0.05, 0.1) is 7.11 Å². The molecule has 1 aromatic carbocycles. The van der Waals surface area contributed by atoms with Crippen LogP contribution in [0.4, 0.5) is 0 Å². The topological polar surface area (TPSA) is 47.7 Å². The first kappa shape index (κ1) is 15.0. The number of hydrogen-bond acceptors (Lipinski definition) is 4. The second-order valence-corrected chi connectivity index (χ2v) is 4.49. The molecular formula is C14H24N2O2. The van der Waals surface area contributed by atoms with Crippen LogP contribution in [0.25, 0.3) is 0 Å². The summed E-state index contributed by atoms with van der Waals surface area (Å²) in [6.07, 6.45) is 1.03. The van der Waals surface area contributed by atoms with Gasteiger partial charge in [0.2, 0.25) is 0 Å². The van der Waals surface area contributed by atoms with Gasteiger partial charge in [-0.1, -0.05) is 12.1 Å². The minimum atomic E-state index is 0.0310. The van der Waals surface area contributed by atoms with Crippen molar-refractivity contribution in [2.24, 2.45) is 5.73 Å². The molecule has 1 rings (SSSR count). The predicted molar refractivity (Wildman–Crippen MR) is 73.9 cm³/mol. The van der Waals surface area contributed by atoms with E-state index in [4.69, 9.17) is 15.2 Å². The molecule has 0 fully saturated rings. The fourth-order valence-electron chi connectivity index (χ4n) is 1.86. The smallest absolute Gasteiger partial charge is 0.118 e. The fraction of sp³-hybridized carbons (Fsp3) is 0.571. The molecule has 18 heavy (non-hydrogen) atoms. The summed E-state index contributed by atoms with van der Waals surface area (Å²) in [5, 5.41) is 0. The second-order valence-electron chi connectivity index (χ2n) is 4.49. The molecule has 0 heterocycles. The molecule has 0 aliphatic carbocycles. The summed E-state index contributed by atoms with van der Waals surface area (Å²) < 4.78 is 10.2. The van der Waals surface area contributed by atoms with Gasteiger partial charge >= 0.3 is 0 Å². The Bertz CT molecular complexity index is 327. The van der Waals surface area contributed by atoms with Crippen LogP contribution in [0.15, 0.2) is 24.3 Å².